The Morgan fingerprint density at radius 1 is 0.949 bits per heavy atom. The summed E-state index contributed by atoms with van der Waals surface area (Å²) < 4.78 is 33.9. The van der Waals surface area contributed by atoms with Crippen LogP contribution in [0, 0.1) is 24.5 Å². The van der Waals surface area contributed by atoms with Crippen LogP contribution in [-0.4, -0.2) is 23.4 Å². The molecule has 0 aliphatic carbocycles. The average Bonchev–Trinajstić information content (AvgIpc) is 3.18. The second-order valence-corrected chi connectivity index (χ2v) is 10.0. The Hall–Kier alpha value is -4.52. The van der Waals surface area contributed by atoms with Crippen LogP contribution in [0.3, 0.4) is 0 Å². The molecule has 4 aromatic carbocycles. The topological polar surface area (TPSA) is 66.8 Å². The molecule has 5 rings (SSSR count). The van der Waals surface area contributed by atoms with Crippen molar-refractivity contribution in [1.29, 1.82) is 0 Å². The number of aliphatic hydroxyl groups is 1. The average molecular weight is 528 g/mol. The number of carbonyl (C=O) groups excluding carboxylic acids is 2. The van der Waals surface area contributed by atoms with Gasteiger partial charge in [-0.2, -0.15) is 0 Å². The molecule has 0 aromatic heterocycles. The van der Waals surface area contributed by atoms with Gasteiger partial charge in [0.25, 0.3) is 11.7 Å². The lowest BCUT2D eigenvalue weighted by Crippen LogP contribution is -2.29. The van der Waals surface area contributed by atoms with Gasteiger partial charge < -0.3 is 9.84 Å². The normalized spacial score (nSPS) is 16.9. The molecule has 1 atom stereocenters. The molecule has 1 amide bonds. The van der Waals surface area contributed by atoms with Gasteiger partial charge in [0.2, 0.25) is 0 Å². The molecule has 198 valence electrons. The smallest absolute Gasteiger partial charge is 0.300 e. The zero-order valence-corrected chi connectivity index (χ0v) is 21.7. The fourth-order valence-corrected chi connectivity index (χ4v) is 4.89. The Labute approximate surface area is 225 Å². The van der Waals surface area contributed by atoms with Crippen LogP contribution in [-0.2, 0) is 9.59 Å². The van der Waals surface area contributed by atoms with Crippen LogP contribution in [0.5, 0.6) is 5.75 Å². The molecule has 0 saturated carbocycles. The number of benzene rings is 4. The first-order valence-electron chi connectivity index (χ1n) is 12.6. The maximum absolute atomic E-state index is 14.3. The highest BCUT2D eigenvalue weighted by Gasteiger charge is 2.47. The van der Waals surface area contributed by atoms with E-state index in [-0.39, 0.29) is 17.0 Å². The Morgan fingerprint density at radius 2 is 1.69 bits per heavy atom. The van der Waals surface area contributed by atoms with E-state index in [4.69, 9.17) is 4.74 Å². The standard InChI is InChI=1S/C32H27F2NO4/c1-18(2)17-39-27-14-11-21(15-19(27)3)30(36)28-29(24-10-6-8-20-7-4-5-9-23(20)24)35(32(38)31(28)37)22-12-13-25(33)26(34)16-22/h4-16,18,29,36H,17H2,1-3H3/b30-28-. The van der Waals surface area contributed by atoms with Crippen molar-refractivity contribution in [3.8, 4) is 5.75 Å². The molecule has 1 aliphatic rings. The van der Waals surface area contributed by atoms with Crippen LogP contribution in [0.2, 0.25) is 0 Å². The number of carbonyl (C=O) groups is 2. The van der Waals surface area contributed by atoms with Crippen molar-refractivity contribution in [3.63, 3.8) is 0 Å². The third kappa shape index (κ3) is 4.76. The van der Waals surface area contributed by atoms with Gasteiger partial charge in [-0.15, -0.1) is 0 Å². The van der Waals surface area contributed by atoms with Crippen molar-refractivity contribution in [2.45, 2.75) is 26.8 Å². The first kappa shape index (κ1) is 26.1. The summed E-state index contributed by atoms with van der Waals surface area (Å²) in [6.45, 7) is 6.42. The van der Waals surface area contributed by atoms with Crippen LogP contribution in [0.1, 0.15) is 36.6 Å². The maximum Gasteiger partial charge on any atom is 0.300 e. The second kappa shape index (κ2) is 10.3. The molecule has 39 heavy (non-hydrogen) atoms. The molecule has 0 radical (unpaired) electrons. The number of Topliss-reactive ketones (excluding diaryl/α,β-unsaturated/α-hetero) is 1. The molecule has 4 aromatic rings. The fraction of sp³-hybridized carbons (Fsp3) is 0.188. The minimum atomic E-state index is -1.15. The number of hydrogen-bond donors (Lipinski definition) is 1. The van der Waals surface area contributed by atoms with E-state index in [9.17, 15) is 23.5 Å². The van der Waals surface area contributed by atoms with Gasteiger partial charge in [0.15, 0.2) is 11.6 Å². The van der Waals surface area contributed by atoms with Gasteiger partial charge in [-0.05, 0) is 65.1 Å². The van der Waals surface area contributed by atoms with Crippen LogP contribution in [0.4, 0.5) is 14.5 Å². The van der Waals surface area contributed by atoms with Crippen LogP contribution in [0.15, 0.2) is 84.4 Å². The lowest BCUT2D eigenvalue weighted by atomic mass is 9.91. The van der Waals surface area contributed by atoms with E-state index in [0.717, 1.165) is 33.4 Å². The molecule has 0 spiro atoms. The highest BCUT2D eigenvalue weighted by atomic mass is 19.2. The fourth-order valence-electron chi connectivity index (χ4n) is 4.89. The number of halogens is 2. The Bertz CT molecular complexity index is 1640. The number of amides is 1. The van der Waals surface area contributed by atoms with E-state index in [0.29, 0.717) is 29.4 Å². The molecule has 7 heteroatoms. The van der Waals surface area contributed by atoms with E-state index in [1.807, 2.05) is 51.1 Å². The number of ketones is 1. The van der Waals surface area contributed by atoms with Crippen LogP contribution in [0.25, 0.3) is 16.5 Å². The molecular formula is C32H27F2NO4. The quantitative estimate of drug-likeness (QED) is 0.165. The predicted octanol–water partition coefficient (Wildman–Crippen LogP) is 7.09. The number of ether oxygens (including phenoxy) is 1. The molecular weight excluding hydrogens is 500 g/mol. The molecule has 5 nitrogen and oxygen atoms in total. The van der Waals surface area contributed by atoms with Crippen molar-refractivity contribution < 1.29 is 28.2 Å². The summed E-state index contributed by atoms with van der Waals surface area (Å²) >= 11 is 0. The van der Waals surface area contributed by atoms with Gasteiger partial charge in [0, 0.05) is 17.3 Å². The number of nitrogens with zero attached hydrogens (tertiary/aromatic N) is 1. The summed E-state index contributed by atoms with van der Waals surface area (Å²) in [6, 6.07) is 19.8. The Balaban J connectivity index is 1.72. The lowest BCUT2D eigenvalue weighted by molar-refractivity contribution is -0.132. The van der Waals surface area contributed by atoms with Crippen molar-refractivity contribution in [1.82, 2.24) is 0 Å². The van der Waals surface area contributed by atoms with Crippen LogP contribution < -0.4 is 9.64 Å². The number of aliphatic hydroxyl groups excluding tert-OH is 1. The first-order valence-corrected chi connectivity index (χ1v) is 12.6. The molecule has 1 heterocycles. The van der Waals surface area contributed by atoms with E-state index < -0.39 is 29.4 Å². The SMILES string of the molecule is Cc1cc(/C(O)=C2/C(=O)C(=O)N(c3ccc(F)c(F)c3)C2c2cccc3ccccc23)ccc1OCC(C)C. The van der Waals surface area contributed by atoms with Crippen molar-refractivity contribution in [2.75, 3.05) is 11.5 Å². The molecule has 1 aliphatic heterocycles. The summed E-state index contributed by atoms with van der Waals surface area (Å²) in [7, 11) is 0. The van der Waals surface area contributed by atoms with E-state index in [2.05, 4.69) is 0 Å². The third-order valence-corrected chi connectivity index (χ3v) is 6.76. The number of aryl methyl sites for hydroxylation is 1. The number of fused-ring (bicyclic) bond motifs is 1. The zero-order chi connectivity index (χ0) is 27.8. The summed E-state index contributed by atoms with van der Waals surface area (Å²) in [4.78, 5) is 28.1. The maximum atomic E-state index is 14.3. The van der Waals surface area contributed by atoms with E-state index in [1.54, 1.807) is 30.3 Å². The van der Waals surface area contributed by atoms with Gasteiger partial charge in [0.1, 0.15) is 11.5 Å². The summed E-state index contributed by atoms with van der Waals surface area (Å²) in [5.41, 5.74) is 1.50. The van der Waals surface area contributed by atoms with Crippen molar-refractivity contribution >= 4 is 33.9 Å². The number of hydrogen-bond acceptors (Lipinski definition) is 4. The predicted molar refractivity (Wildman–Crippen MR) is 147 cm³/mol. The van der Waals surface area contributed by atoms with Gasteiger partial charge >= 0.3 is 0 Å². The third-order valence-electron chi connectivity index (χ3n) is 6.76. The summed E-state index contributed by atoms with van der Waals surface area (Å²) in [5.74, 6) is -3.50. The molecule has 1 saturated heterocycles. The van der Waals surface area contributed by atoms with Gasteiger partial charge in [-0.25, -0.2) is 8.78 Å². The minimum Gasteiger partial charge on any atom is -0.507 e. The lowest BCUT2D eigenvalue weighted by Gasteiger charge is -2.26. The highest BCUT2D eigenvalue weighted by Crippen LogP contribution is 2.44. The molecule has 1 N–H and O–H groups in total. The van der Waals surface area contributed by atoms with Crippen LogP contribution >= 0.6 is 0 Å². The first-order chi connectivity index (χ1) is 18.7. The molecule has 1 fully saturated rings. The Kier molecular flexibility index (Phi) is 6.91. The number of rotatable bonds is 6. The van der Waals surface area contributed by atoms with Crippen molar-refractivity contribution in [3.05, 3.63) is 113 Å². The largest absolute Gasteiger partial charge is 0.507 e. The van der Waals surface area contributed by atoms with Gasteiger partial charge in [-0.1, -0.05) is 56.3 Å². The summed E-state index contributed by atoms with van der Waals surface area (Å²) in [6.07, 6.45) is 0. The molecule has 1 unspecified atom stereocenters. The monoisotopic (exact) mass is 527 g/mol. The van der Waals surface area contributed by atoms with Gasteiger partial charge in [-0.3, -0.25) is 14.5 Å². The highest BCUT2D eigenvalue weighted by molar-refractivity contribution is 6.51. The molecule has 0 bridgehead atoms. The number of anilines is 1. The minimum absolute atomic E-state index is 0.00148. The van der Waals surface area contributed by atoms with E-state index >= 15 is 0 Å². The second-order valence-electron chi connectivity index (χ2n) is 10.0. The van der Waals surface area contributed by atoms with Crippen molar-refractivity contribution in [2.24, 2.45) is 5.92 Å². The zero-order valence-electron chi connectivity index (χ0n) is 21.7. The Morgan fingerprint density at radius 3 is 2.41 bits per heavy atom. The van der Waals surface area contributed by atoms with Gasteiger partial charge in [0.05, 0.1) is 18.2 Å². The van der Waals surface area contributed by atoms with E-state index in [1.165, 1.54) is 6.07 Å². The summed E-state index contributed by atoms with van der Waals surface area (Å²) in [5, 5.41) is 13.1.